The Morgan fingerprint density at radius 1 is 1.13 bits per heavy atom. The first-order chi connectivity index (χ1) is 14.5. The third kappa shape index (κ3) is 3.66. The van der Waals surface area contributed by atoms with Gasteiger partial charge in [0.1, 0.15) is 18.1 Å². The highest BCUT2D eigenvalue weighted by Gasteiger charge is 2.49. The predicted molar refractivity (Wildman–Crippen MR) is 113 cm³/mol. The Morgan fingerprint density at radius 3 is 2.57 bits per heavy atom. The monoisotopic (exact) mass is 424 g/mol. The lowest BCUT2D eigenvalue weighted by molar-refractivity contribution is -0.426. The topological polar surface area (TPSA) is 60.7 Å². The van der Waals surface area contributed by atoms with Gasteiger partial charge in [-0.25, -0.2) is 9.18 Å². The first kappa shape index (κ1) is 20.0. The number of thioether (sulfide) groups is 1. The predicted octanol–water partition coefficient (Wildman–Crippen LogP) is 3.03. The number of amides is 4. The summed E-state index contributed by atoms with van der Waals surface area (Å²) in [6.07, 6.45) is 1.68. The second kappa shape index (κ2) is 8.23. The molecule has 0 saturated heterocycles. The van der Waals surface area contributed by atoms with Gasteiger partial charge < -0.3 is 4.90 Å². The number of para-hydroxylation sites is 1. The quantitative estimate of drug-likeness (QED) is 0.693. The molecule has 0 N–H and O–H groups in total. The second-order valence-corrected chi connectivity index (χ2v) is 7.93. The molecule has 2 aromatic rings. The number of allylic oxidation sites excluding steroid dienone is 1. The number of anilines is 1. The number of imide groups is 1. The summed E-state index contributed by atoms with van der Waals surface area (Å²) >= 11 is 1.27. The number of nitrogens with zero attached hydrogens (tertiary/aromatic N) is 3. The molecule has 4 rings (SSSR count). The number of hydrogen-bond donors (Lipinski definition) is 0. The highest BCUT2D eigenvalue weighted by atomic mass is 32.2. The fourth-order valence-corrected chi connectivity index (χ4v) is 4.36. The second-order valence-electron chi connectivity index (χ2n) is 6.92. The Labute approximate surface area is 177 Å². The Hall–Kier alpha value is -3.26. The van der Waals surface area contributed by atoms with Gasteiger partial charge in [-0.1, -0.05) is 36.4 Å². The van der Waals surface area contributed by atoms with Crippen LogP contribution in [0.1, 0.15) is 5.56 Å². The van der Waals surface area contributed by atoms with Crippen molar-refractivity contribution in [2.24, 2.45) is 0 Å². The number of hydrogen-bond acceptors (Lipinski definition) is 4. The number of urea groups is 1. The van der Waals surface area contributed by atoms with Crippen molar-refractivity contribution in [3.05, 3.63) is 77.5 Å². The van der Waals surface area contributed by atoms with E-state index < -0.39 is 23.0 Å². The lowest BCUT2D eigenvalue weighted by Crippen LogP contribution is -2.56. The van der Waals surface area contributed by atoms with Crippen LogP contribution in [0.15, 0.2) is 66.1 Å². The number of halogens is 1. The molecule has 8 heteroatoms. The van der Waals surface area contributed by atoms with Crippen LogP contribution in [0.25, 0.3) is 0 Å². The molecular weight excluding hydrogens is 405 g/mol. The number of likely N-dealkylation sites (N-methyl/N-ethyl adjacent to an activating group) is 1. The molecule has 0 bridgehead atoms. The molecule has 2 heterocycles. The zero-order chi connectivity index (χ0) is 21.3. The third-order valence-corrected chi connectivity index (χ3v) is 6.09. The molecule has 0 radical (unpaired) electrons. The lowest BCUT2D eigenvalue weighted by atomic mass is 10.1. The lowest BCUT2D eigenvalue weighted by Gasteiger charge is -2.25. The van der Waals surface area contributed by atoms with Crippen LogP contribution in [0.4, 0.5) is 14.9 Å². The molecule has 0 spiro atoms. The Kier molecular flexibility index (Phi) is 5.50. The molecule has 0 aromatic heterocycles. The minimum Gasteiger partial charge on any atom is -0.312 e. The average Bonchev–Trinajstić information content (AvgIpc) is 3.25. The van der Waals surface area contributed by atoms with Gasteiger partial charge in [0.2, 0.25) is 0 Å². The van der Waals surface area contributed by atoms with E-state index in [-0.39, 0.29) is 24.6 Å². The summed E-state index contributed by atoms with van der Waals surface area (Å²) in [5, 5.41) is 1.11. The van der Waals surface area contributed by atoms with Crippen LogP contribution >= 0.6 is 11.8 Å². The summed E-state index contributed by atoms with van der Waals surface area (Å²) in [4.78, 5) is 41.4. The maximum absolute atomic E-state index is 14.1. The van der Waals surface area contributed by atoms with E-state index >= 15 is 0 Å². The normalized spacial score (nSPS) is 18.1. The summed E-state index contributed by atoms with van der Waals surface area (Å²) in [6.45, 7) is -0.407. The van der Waals surface area contributed by atoms with E-state index in [0.717, 1.165) is 4.90 Å². The number of fused-ring (bicyclic) bond motifs is 1. The fourth-order valence-electron chi connectivity index (χ4n) is 3.39. The van der Waals surface area contributed by atoms with Gasteiger partial charge in [0.25, 0.3) is 5.91 Å². The molecule has 2 aliphatic rings. The van der Waals surface area contributed by atoms with E-state index in [0.29, 0.717) is 11.4 Å². The molecule has 0 fully saturated rings. The molecule has 4 amide bonds. The molecule has 152 valence electrons. The summed E-state index contributed by atoms with van der Waals surface area (Å²) in [6, 6.07) is 14.5. The van der Waals surface area contributed by atoms with Crippen LogP contribution < -0.4 is 4.90 Å². The van der Waals surface area contributed by atoms with Crippen LogP contribution in [0.2, 0.25) is 0 Å². The van der Waals surface area contributed by atoms with Crippen molar-refractivity contribution in [2.75, 3.05) is 18.5 Å². The van der Waals surface area contributed by atoms with Crippen LogP contribution in [0, 0.1) is 5.82 Å². The highest BCUT2D eigenvalue weighted by molar-refractivity contribution is 8.04. The van der Waals surface area contributed by atoms with Crippen LogP contribution in [-0.4, -0.2) is 51.9 Å². The van der Waals surface area contributed by atoms with Crippen molar-refractivity contribution in [2.45, 2.75) is 11.8 Å². The smallest absolute Gasteiger partial charge is 0.312 e. The third-order valence-electron chi connectivity index (χ3n) is 5.08. The van der Waals surface area contributed by atoms with Crippen molar-refractivity contribution in [3.63, 3.8) is 0 Å². The summed E-state index contributed by atoms with van der Waals surface area (Å²) in [7, 11) is 1.63. The number of benzene rings is 2. The van der Waals surface area contributed by atoms with Gasteiger partial charge in [0, 0.05) is 18.3 Å². The number of rotatable bonds is 5. The molecule has 2 aliphatic heterocycles. The van der Waals surface area contributed by atoms with Crippen LogP contribution in [0.3, 0.4) is 0 Å². The summed E-state index contributed by atoms with van der Waals surface area (Å²) < 4.78 is 15.4. The van der Waals surface area contributed by atoms with Crippen LogP contribution in [-0.2, 0) is 16.1 Å². The van der Waals surface area contributed by atoms with Crippen LogP contribution in [0.5, 0.6) is 0 Å². The minimum atomic E-state index is -0.628. The van der Waals surface area contributed by atoms with E-state index in [4.69, 9.17) is 0 Å². The molecule has 6 nitrogen and oxygen atoms in total. The van der Waals surface area contributed by atoms with E-state index in [1.165, 1.54) is 33.4 Å². The van der Waals surface area contributed by atoms with Gasteiger partial charge >= 0.3 is 11.9 Å². The van der Waals surface area contributed by atoms with Crippen molar-refractivity contribution in [1.82, 2.24) is 4.90 Å². The number of carbonyl (C=O) groups is 3. The Bertz CT molecular complexity index is 1080. The molecular formula is C22H19FN3O3S+. The zero-order valence-corrected chi connectivity index (χ0v) is 17.0. The van der Waals surface area contributed by atoms with Gasteiger partial charge in [0.05, 0.1) is 0 Å². The molecule has 1 atom stereocenters. The first-order valence-corrected chi connectivity index (χ1v) is 10.3. The first-order valence-electron chi connectivity index (χ1n) is 9.34. The molecule has 2 aromatic carbocycles. The van der Waals surface area contributed by atoms with E-state index in [1.807, 2.05) is 18.2 Å². The Morgan fingerprint density at radius 2 is 1.83 bits per heavy atom. The van der Waals surface area contributed by atoms with Gasteiger partial charge in [-0.15, -0.1) is 11.8 Å². The standard InChI is InChI=1S/C22H19FN3O3S/c1-24(16-8-3-2-4-9-16)19(27)14-25-18-11-12-30-20(18)21(28)26(22(25)29)13-15-7-5-6-10-17(15)23/h2-12,20H,13-14H2,1H3/q+1. The molecule has 30 heavy (non-hydrogen) atoms. The van der Waals surface area contributed by atoms with Gasteiger partial charge in [-0.05, 0) is 29.7 Å². The van der Waals surface area contributed by atoms with Gasteiger partial charge in [-0.3, -0.25) is 4.79 Å². The van der Waals surface area contributed by atoms with Crippen molar-refractivity contribution < 1.29 is 23.3 Å². The Balaban J connectivity index is 1.62. The highest BCUT2D eigenvalue weighted by Crippen LogP contribution is 2.29. The fraction of sp³-hybridized carbons (Fsp3) is 0.182. The van der Waals surface area contributed by atoms with Crippen molar-refractivity contribution >= 4 is 41.0 Å². The molecule has 0 saturated carbocycles. The summed E-state index contributed by atoms with van der Waals surface area (Å²) in [5.74, 6) is -1.20. The van der Waals surface area contributed by atoms with Gasteiger partial charge in [-0.2, -0.15) is 14.3 Å². The summed E-state index contributed by atoms with van der Waals surface area (Å²) in [5.41, 5.74) is 1.42. The largest absolute Gasteiger partial charge is 0.501 e. The van der Waals surface area contributed by atoms with Crippen molar-refractivity contribution in [1.29, 1.82) is 0 Å². The molecule has 0 aliphatic carbocycles. The SMILES string of the molecule is CN(C(=O)C[N+]1=C2C=CSC2C(=O)N(Cc2ccccc2F)C1=O)c1ccccc1. The van der Waals surface area contributed by atoms with E-state index in [1.54, 1.807) is 42.8 Å². The van der Waals surface area contributed by atoms with Crippen molar-refractivity contribution in [3.8, 4) is 0 Å². The minimum absolute atomic E-state index is 0.187. The van der Waals surface area contributed by atoms with E-state index in [2.05, 4.69) is 0 Å². The van der Waals surface area contributed by atoms with E-state index in [9.17, 15) is 18.8 Å². The number of carbonyl (C=O) groups excluding carboxylic acids is 3. The maximum Gasteiger partial charge on any atom is 0.501 e. The zero-order valence-electron chi connectivity index (χ0n) is 16.2. The average molecular weight is 424 g/mol. The maximum atomic E-state index is 14.1. The van der Waals surface area contributed by atoms with Gasteiger partial charge in [0.15, 0.2) is 11.8 Å². The molecule has 1 unspecified atom stereocenters.